The van der Waals surface area contributed by atoms with Crippen LogP contribution in [-0.4, -0.2) is 9.38 Å². The predicted molar refractivity (Wildman–Crippen MR) is 171 cm³/mol. The molecule has 0 saturated heterocycles. The first-order valence-corrected chi connectivity index (χ1v) is 13.9. The van der Waals surface area contributed by atoms with Gasteiger partial charge < -0.3 is 0 Å². The van der Waals surface area contributed by atoms with Gasteiger partial charge in [-0.05, 0) is 70.6 Å². The summed E-state index contributed by atoms with van der Waals surface area (Å²) in [6.45, 7) is 2.07. The summed E-state index contributed by atoms with van der Waals surface area (Å²) in [5.74, 6) is 0. The van der Waals surface area contributed by atoms with Crippen molar-refractivity contribution >= 4 is 38.2 Å². The van der Waals surface area contributed by atoms with Crippen LogP contribution in [0.5, 0.6) is 0 Å². The number of fused-ring (bicyclic) bond motifs is 4. The van der Waals surface area contributed by atoms with E-state index in [0.29, 0.717) is 16.6 Å². The van der Waals surface area contributed by atoms with Crippen LogP contribution in [0.15, 0.2) is 126 Å². The SMILES string of the molecule is Cc1ccccc1-c1ccc2c(=O)n3c(nc4cc(-c5ccccc5)cc(-c5ccccc5)c43)c3ccc(C#N)c1c23. The average molecular weight is 538 g/mol. The molecule has 42 heavy (non-hydrogen) atoms. The van der Waals surface area contributed by atoms with Crippen molar-refractivity contribution in [3.05, 3.63) is 143 Å². The zero-order chi connectivity index (χ0) is 28.4. The fourth-order valence-corrected chi connectivity index (χ4v) is 6.40. The van der Waals surface area contributed by atoms with Crippen molar-refractivity contribution in [1.82, 2.24) is 9.38 Å². The molecule has 2 aromatic heterocycles. The van der Waals surface area contributed by atoms with E-state index in [-0.39, 0.29) is 5.56 Å². The molecule has 196 valence electrons. The van der Waals surface area contributed by atoms with Crippen molar-refractivity contribution in [2.24, 2.45) is 0 Å². The second-order valence-electron chi connectivity index (χ2n) is 10.7. The van der Waals surface area contributed by atoms with Crippen LogP contribution in [-0.2, 0) is 0 Å². The summed E-state index contributed by atoms with van der Waals surface area (Å²) in [6.07, 6.45) is 0. The van der Waals surface area contributed by atoms with E-state index in [9.17, 15) is 10.1 Å². The highest BCUT2D eigenvalue weighted by molar-refractivity contribution is 6.21. The summed E-state index contributed by atoms with van der Waals surface area (Å²) in [5, 5.41) is 13.2. The number of nitriles is 1. The van der Waals surface area contributed by atoms with Gasteiger partial charge in [0.15, 0.2) is 0 Å². The lowest BCUT2D eigenvalue weighted by Crippen LogP contribution is -2.14. The van der Waals surface area contributed by atoms with Gasteiger partial charge in [0, 0.05) is 27.1 Å². The van der Waals surface area contributed by atoms with Gasteiger partial charge in [0.05, 0.1) is 22.7 Å². The van der Waals surface area contributed by atoms with Gasteiger partial charge in [-0.25, -0.2) is 4.98 Å². The quantitative estimate of drug-likeness (QED) is 0.226. The number of benzene rings is 6. The van der Waals surface area contributed by atoms with E-state index in [1.807, 2.05) is 72.8 Å². The molecular formula is C38H23N3O. The third-order valence-corrected chi connectivity index (χ3v) is 8.33. The van der Waals surface area contributed by atoms with Crippen LogP contribution >= 0.6 is 0 Å². The zero-order valence-corrected chi connectivity index (χ0v) is 22.8. The number of aromatic nitrogens is 2. The zero-order valence-electron chi connectivity index (χ0n) is 22.8. The van der Waals surface area contributed by atoms with Gasteiger partial charge in [0.1, 0.15) is 5.65 Å². The van der Waals surface area contributed by atoms with Crippen LogP contribution in [0.2, 0.25) is 0 Å². The molecule has 0 bridgehead atoms. The molecule has 6 aromatic carbocycles. The van der Waals surface area contributed by atoms with Crippen LogP contribution in [0, 0.1) is 18.3 Å². The number of nitrogens with zero attached hydrogens (tertiary/aromatic N) is 3. The van der Waals surface area contributed by atoms with Crippen molar-refractivity contribution in [2.45, 2.75) is 6.92 Å². The van der Waals surface area contributed by atoms with Crippen molar-refractivity contribution < 1.29 is 0 Å². The summed E-state index contributed by atoms with van der Waals surface area (Å²) >= 11 is 0. The van der Waals surface area contributed by atoms with E-state index in [0.717, 1.165) is 66.1 Å². The number of hydrogen-bond acceptors (Lipinski definition) is 3. The largest absolute Gasteiger partial charge is 0.268 e. The van der Waals surface area contributed by atoms with Crippen molar-refractivity contribution in [3.63, 3.8) is 0 Å². The first-order chi connectivity index (χ1) is 20.6. The Morgan fingerprint density at radius 1 is 0.643 bits per heavy atom. The Balaban J connectivity index is 1.56. The van der Waals surface area contributed by atoms with E-state index in [1.165, 1.54) is 0 Å². The lowest BCUT2D eigenvalue weighted by Gasteiger charge is -2.15. The predicted octanol–water partition coefficient (Wildman–Crippen LogP) is 8.77. The lowest BCUT2D eigenvalue weighted by molar-refractivity contribution is 1.19. The van der Waals surface area contributed by atoms with Crippen LogP contribution in [0.3, 0.4) is 0 Å². The molecule has 0 amide bonds. The highest BCUT2D eigenvalue weighted by Crippen LogP contribution is 2.40. The van der Waals surface area contributed by atoms with E-state index < -0.39 is 0 Å². The topological polar surface area (TPSA) is 58.2 Å². The fraction of sp³-hybridized carbons (Fsp3) is 0.0263. The number of imidazole rings is 1. The molecule has 0 N–H and O–H groups in total. The molecule has 8 aromatic rings. The minimum Gasteiger partial charge on any atom is -0.268 e. The third-order valence-electron chi connectivity index (χ3n) is 8.33. The monoisotopic (exact) mass is 537 g/mol. The van der Waals surface area contributed by atoms with E-state index in [1.54, 1.807) is 4.40 Å². The van der Waals surface area contributed by atoms with Crippen LogP contribution in [0.1, 0.15) is 11.1 Å². The maximum Gasteiger partial charge on any atom is 0.264 e. The van der Waals surface area contributed by atoms with Crippen molar-refractivity contribution in [2.75, 3.05) is 0 Å². The summed E-state index contributed by atoms with van der Waals surface area (Å²) in [4.78, 5) is 19.6. The summed E-state index contributed by atoms with van der Waals surface area (Å²) in [7, 11) is 0. The Morgan fingerprint density at radius 3 is 2.07 bits per heavy atom. The molecule has 0 aliphatic carbocycles. The maximum atomic E-state index is 14.5. The van der Waals surface area contributed by atoms with E-state index in [2.05, 4.69) is 61.5 Å². The molecule has 0 unspecified atom stereocenters. The van der Waals surface area contributed by atoms with Crippen LogP contribution < -0.4 is 5.56 Å². The Kier molecular flexibility index (Phi) is 5.22. The summed E-state index contributed by atoms with van der Waals surface area (Å²) in [5.41, 5.74) is 9.72. The fourth-order valence-electron chi connectivity index (χ4n) is 6.40. The molecule has 0 spiro atoms. The first-order valence-electron chi connectivity index (χ1n) is 13.9. The maximum absolute atomic E-state index is 14.5. The molecule has 0 aliphatic rings. The van der Waals surface area contributed by atoms with Gasteiger partial charge in [-0.3, -0.25) is 9.20 Å². The minimum atomic E-state index is -0.138. The Labute approximate surface area is 241 Å². The smallest absolute Gasteiger partial charge is 0.264 e. The van der Waals surface area contributed by atoms with Crippen LogP contribution in [0.4, 0.5) is 0 Å². The van der Waals surface area contributed by atoms with E-state index >= 15 is 0 Å². The third kappa shape index (κ3) is 3.41. The molecule has 0 aliphatic heterocycles. The van der Waals surface area contributed by atoms with Gasteiger partial charge in [0.25, 0.3) is 5.56 Å². The van der Waals surface area contributed by atoms with Crippen molar-refractivity contribution in [1.29, 1.82) is 5.26 Å². The number of pyridine rings is 1. The molecular weight excluding hydrogens is 514 g/mol. The average Bonchev–Trinajstić information content (AvgIpc) is 3.44. The molecule has 8 rings (SSSR count). The highest BCUT2D eigenvalue weighted by atomic mass is 16.1. The normalized spacial score (nSPS) is 11.5. The summed E-state index contributed by atoms with van der Waals surface area (Å²) < 4.78 is 1.77. The first kappa shape index (κ1) is 24.0. The molecule has 4 heteroatoms. The van der Waals surface area contributed by atoms with Gasteiger partial charge >= 0.3 is 0 Å². The summed E-state index contributed by atoms with van der Waals surface area (Å²) in [6, 6.07) is 42.8. The van der Waals surface area contributed by atoms with Gasteiger partial charge in [0.2, 0.25) is 0 Å². The number of hydrogen-bond donors (Lipinski definition) is 0. The van der Waals surface area contributed by atoms with Crippen molar-refractivity contribution in [3.8, 4) is 39.4 Å². The molecule has 0 fully saturated rings. The minimum absolute atomic E-state index is 0.138. The molecule has 0 atom stereocenters. The second-order valence-corrected chi connectivity index (χ2v) is 10.7. The van der Waals surface area contributed by atoms with E-state index in [4.69, 9.17) is 4.98 Å². The standard InChI is InChI=1S/C38H23N3O/c1-23-10-8-9-15-28(23)29-18-19-31-35-30(17-16-26(22-39)34(29)35)37-40-33-21-27(24-11-4-2-5-12-24)20-32(25-13-6-3-7-14-25)36(33)41(37)38(31)42/h2-21H,1H3. The molecule has 4 nitrogen and oxygen atoms in total. The second kappa shape index (κ2) is 9.12. The van der Waals surface area contributed by atoms with Gasteiger partial charge in [-0.15, -0.1) is 0 Å². The molecule has 2 heterocycles. The lowest BCUT2D eigenvalue weighted by atomic mass is 9.89. The Morgan fingerprint density at radius 2 is 1.33 bits per heavy atom. The van der Waals surface area contributed by atoms with Gasteiger partial charge in [-0.1, -0.05) is 91.0 Å². The molecule has 0 saturated carbocycles. The Hall–Kier alpha value is -5.79. The van der Waals surface area contributed by atoms with Crippen LogP contribution in [0.25, 0.3) is 71.6 Å². The highest BCUT2D eigenvalue weighted by Gasteiger charge is 2.22. The van der Waals surface area contributed by atoms with Gasteiger partial charge in [-0.2, -0.15) is 5.26 Å². The number of rotatable bonds is 3. The Bertz CT molecular complexity index is 2440. The number of aryl methyl sites for hydroxylation is 1. The molecule has 0 radical (unpaired) electrons.